The van der Waals surface area contributed by atoms with Gasteiger partial charge in [-0.3, -0.25) is 0 Å². The van der Waals surface area contributed by atoms with Crippen molar-refractivity contribution in [1.82, 2.24) is 0 Å². The summed E-state index contributed by atoms with van der Waals surface area (Å²) < 4.78 is 6.42. The summed E-state index contributed by atoms with van der Waals surface area (Å²) in [6.07, 6.45) is 0. The molecule has 2 nitrogen and oxygen atoms in total. The molecule has 0 atom stereocenters. The molecule has 3 aliphatic rings. The Bertz CT molecular complexity index is 3770. The summed E-state index contributed by atoms with van der Waals surface area (Å²) in [6, 6.07) is 79.1. The van der Waals surface area contributed by atoms with Gasteiger partial charge in [-0.2, -0.15) is 0 Å². The van der Waals surface area contributed by atoms with Gasteiger partial charge in [-0.05, 0) is 127 Å². The van der Waals surface area contributed by atoms with E-state index in [2.05, 4.69) is 225 Å². The smallest absolute Gasteiger partial charge is 0.136 e. The first-order valence-electron chi connectivity index (χ1n) is 22.6. The van der Waals surface area contributed by atoms with Gasteiger partial charge in [0.25, 0.3) is 0 Å². The van der Waals surface area contributed by atoms with E-state index in [9.17, 15) is 0 Å². The van der Waals surface area contributed by atoms with Gasteiger partial charge in [0.2, 0.25) is 0 Å². The molecular formula is C62H41NOS. The van der Waals surface area contributed by atoms with E-state index in [1.54, 1.807) is 0 Å². The van der Waals surface area contributed by atoms with Crippen LogP contribution in [-0.2, 0) is 10.8 Å². The fraction of sp³-hybridized carbons (Fsp3) is 0.0645. The largest absolute Gasteiger partial charge is 0.456 e. The molecule has 1 spiro atoms. The van der Waals surface area contributed by atoms with E-state index in [1.165, 1.54) is 87.3 Å². The second-order valence-electron chi connectivity index (χ2n) is 18.3. The van der Waals surface area contributed by atoms with Crippen LogP contribution in [0.5, 0.6) is 0 Å². The number of hydrogen-bond acceptors (Lipinski definition) is 3. The van der Waals surface area contributed by atoms with Crippen LogP contribution in [-0.4, -0.2) is 0 Å². The van der Waals surface area contributed by atoms with Crippen molar-refractivity contribution in [3.8, 4) is 33.4 Å². The average Bonchev–Trinajstić information content (AvgIpc) is 3.96. The van der Waals surface area contributed by atoms with Gasteiger partial charge in [-0.1, -0.05) is 183 Å². The van der Waals surface area contributed by atoms with Crippen LogP contribution in [0.1, 0.15) is 47.2 Å². The number of benzene rings is 10. The zero-order chi connectivity index (χ0) is 43.0. The van der Waals surface area contributed by atoms with Crippen LogP contribution >= 0.6 is 11.8 Å². The first-order chi connectivity index (χ1) is 32.0. The maximum atomic E-state index is 6.42. The molecule has 2 aliphatic carbocycles. The molecule has 11 aromatic rings. The molecule has 65 heavy (non-hydrogen) atoms. The molecule has 306 valence electrons. The van der Waals surface area contributed by atoms with Crippen molar-refractivity contribution >= 4 is 61.5 Å². The number of rotatable bonds is 4. The Labute approximate surface area is 382 Å². The molecule has 1 aliphatic heterocycles. The van der Waals surface area contributed by atoms with Crippen LogP contribution in [0.4, 0.5) is 17.1 Å². The molecule has 0 N–H and O–H groups in total. The topological polar surface area (TPSA) is 16.4 Å². The Hall–Kier alpha value is -7.59. The Morgan fingerprint density at radius 3 is 1.66 bits per heavy atom. The third-order valence-electron chi connectivity index (χ3n) is 14.7. The van der Waals surface area contributed by atoms with E-state index in [0.29, 0.717) is 0 Å². The molecule has 0 bridgehead atoms. The molecule has 14 rings (SSSR count). The molecule has 0 saturated heterocycles. The van der Waals surface area contributed by atoms with Crippen LogP contribution < -0.4 is 4.90 Å². The summed E-state index contributed by atoms with van der Waals surface area (Å²) >= 11 is 1.89. The summed E-state index contributed by atoms with van der Waals surface area (Å²) in [4.78, 5) is 5.12. The number of anilines is 3. The predicted octanol–water partition coefficient (Wildman–Crippen LogP) is 17.0. The van der Waals surface area contributed by atoms with Gasteiger partial charge in [0, 0.05) is 42.7 Å². The highest BCUT2D eigenvalue weighted by atomic mass is 32.2. The van der Waals surface area contributed by atoms with Crippen molar-refractivity contribution in [1.29, 1.82) is 0 Å². The van der Waals surface area contributed by atoms with E-state index in [-0.39, 0.29) is 5.41 Å². The van der Waals surface area contributed by atoms with E-state index in [0.717, 1.165) is 39.0 Å². The number of para-hydroxylation sites is 1. The summed E-state index contributed by atoms with van der Waals surface area (Å²) in [5.74, 6) is 0. The third-order valence-corrected chi connectivity index (χ3v) is 15.9. The summed E-state index contributed by atoms with van der Waals surface area (Å²) in [6.45, 7) is 4.75. The maximum absolute atomic E-state index is 6.42. The number of furan rings is 1. The monoisotopic (exact) mass is 847 g/mol. The SMILES string of the molecule is CC1(C)c2ccccc2-c2ccc(N(c3ccc4c(c3)C3(c5ccccc5S4)c4ccccc4-c4ccccc43)c3ccc(-c4cccc5oc6ccccc6c45)c4ccccc34)cc21. The van der Waals surface area contributed by atoms with E-state index < -0.39 is 5.41 Å². The zero-order valence-electron chi connectivity index (χ0n) is 36.0. The van der Waals surface area contributed by atoms with E-state index in [1.807, 2.05) is 17.8 Å². The average molecular weight is 848 g/mol. The van der Waals surface area contributed by atoms with Gasteiger partial charge in [-0.25, -0.2) is 0 Å². The molecule has 2 heterocycles. The Morgan fingerprint density at radius 1 is 0.369 bits per heavy atom. The lowest BCUT2D eigenvalue weighted by molar-refractivity contribution is 0.660. The lowest BCUT2D eigenvalue weighted by Gasteiger charge is -2.40. The molecule has 0 unspecified atom stereocenters. The van der Waals surface area contributed by atoms with Crippen LogP contribution in [0.2, 0.25) is 0 Å². The summed E-state index contributed by atoms with van der Waals surface area (Å²) in [5.41, 5.74) is 20.2. The molecule has 0 amide bonds. The molecule has 10 aromatic carbocycles. The molecule has 0 fully saturated rings. The van der Waals surface area contributed by atoms with Crippen molar-refractivity contribution in [3.63, 3.8) is 0 Å². The fourth-order valence-electron chi connectivity index (χ4n) is 12.0. The Morgan fingerprint density at radius 2 is 0.892 bits per heavy atom. The fourth-order valence-corrected chi connectivity index (χ4v) is 13.1. The molecular weight excluding hydrogens is 807 g/mol. The predicted molar refractivity (Wildman–Crippen MR) is 270 cm³/mol. The van der Waals surface area contributed by atoms with Gasteiger partial charge >= 0.3 is 0 Å². The minimum atomic E-state index is -0.494. The second-order valence-corrected chi connectivity index (χ2v) is 19.4. The number of hydrogen-bond donors (Lipinski definition) is 0. The Balaban J connectivity index is 1.05. The highest BCUT2D eigenvalue weighted by Crippen LogP contribution is 2.63. The highest BCUT2D eigenvalue weighted by Gasteiger charge is 2.50. The maximum Gasteiger partial charge on any atom is 0.136 e. The first-order valence-corrected chi connectivity index (χ1v) is 23.4. The van der Waals surface area contributed by atoms with E-state index in [4.69, 9.17) is 4.42 Å². The lowest BCUT2D eigenvalue weighted by Crippen LogP contribution is -2.32. The number of nitrogens with zero attached hydrogens (tertiary/aromatic N) is 1. The minimum Gasteiger partial charge on any atom is -0.456 e. The molecule has 3 heteroatoms. The normalized spacial score (nSPS) is 14.5. The second kappa shape index (κ2) is 13.5. The van der Waals surface area contributed by atoms with Gasteiger partial charge in [0.05, 0.1) is 11.1 Å². The standard InChI is InChI=1S/C62H41NOS/c1-61(2)49-23-9-5-17-42(49)45-32-30-38(36-53(45)61)63(55-34-33-41(40-16-3-4-20-46(40)55)47-22-15-28-57-60(47)48-21-8-13-27-56(48)64-57)39-31-35-59-54(37-39)62(52-26-12-14-29-58(52)65-59)50-24-10-6-18-43(50)44-19-7-11-25-51(44)62/h3-37H,1-2H3. The number of fused-ring (bicyclic) bond motifs is 16. The minimum absolute atomic E-state index is 0.164. The quantitative estimate of drug-likeness (QED) is 0.176. The van der Waals surface area contributed by atoms with Crippen molar-refractivity contribution in [2.75, 3.05) is 4.90 Å². The van der Waals surface area contributed by atoms with Crippen LogP contribution in [0, 0.1) is 0 Å². The van der Waals surface area contributed by atoms with Crippen molar-refractivity contribution in [2.24, 2.45) is 0 Å². The van der Waals surface area contributed by atoms with Crippen molar-refractivity contribution in [3.05, 3.63) is 246 Å². The van der Waals surface area contributed by atoms with Gasteiger partial charge in [-0.15, -0.1) is 0 Å². The first kappa shape index (κ1) is 36.8. The summed E-state index contributed by atoms with van der Waals surface area (Å²) in [7, 11) is 0. The van der Waals surface area contributed by atoms with Gasteiger partial charge < -0.3 is 9.32 Å². The molecule has 1 aromatic heterocycles. The van der Waals surface area contributed by atoms with Crippen molar-refractivity contribution < 1.29 is 4.42 Å². The lowest BCUT2D eigenvalue weighted by atomic mass is 9.67. The van der Waals surface area contributed by atoms with Crippen molar-refractivity contribution in [2.45, 2.75) is 34.5 Å². The van der Waals surface area contributed by atoms with Gasteiger partial charge in [0.1, 0.15) is 11.2 Å². The Kier molecular flexibility index (Phi) is 7.63. The zero-order valence-corrected chi connectivity index (χ0v) is 36.8. The summed E-state index contributed by atoms with van der Waals surface area (Å²) in [5, 5.41) is 4.65. The molecule has 0 radical (unpaired) electrons. The third kappa shape index (κ3) is 4.96. The van der Waals surface area contributed by atoms with Crippen LogP contribution in [0.3, 0.4) is 0 Å². The highest BCUT2D eigenvalue weighted by molar-refractivity contribution is 7.99. The van der Waals surface area contributed by atoms with E-state index >= 15 is 0 Å². The van der Waals surface area contributed by atoms with Crippen LogP contribution in [0.25, 0.3) is 66.1 Å². The van der Waals surface area contributed by atoms with Crippen LogP contribution in [0.15, 0.2) is 227 Å². The molecule has 0 saturated carbocycles. The van der Waals surface area contributed by atoms with Gasteiger partial charge in [0.15, 0.2) is 0 Å².